The molecule has 0 saturated heterocycles. The predicted octanol–water partition coefficient (Wildman–Crippen LogP) is 3.15. The topological polar surface area (TPSA) is 62.5 Å². The zero-order valence-electron chi connectivity index (χ0n) is 13.4. The van der Waals surface area contributed by atoms with Crippen LogP contribution in [0.25, 0.3) is 0 Å². The van der Waals surface area contributed by atoms with Gasteiger partial charge in [-0.2, -0.15) is 0 Å². The third-order valence-corrected chi connectivity index (χ3v) is 4.50. The average molecular weight is 337 g/mol. The molecule has 2 rings (SSSR count). The molecule has 0 aliphatic carbocycles. The van der Waals surface area contributed by atoms with Crippen LogP contribution in [0.5, 0.6) is 0 Å². The summed E-state index contributed by atoms with van der Waals surface area (Å²) in [6, 6.07) is 8.07. The van der Waals surface area contributed by atoms with E-state index in [0.717, 1.165) is 11.8 Å². The number of furan rings is 1. The molecule has 1 amide bonds. The summed E-state index contributed by atoms with van der Waals surface area (Å²) in [6.07, 6.45) is 0. The Bertz CT molecular complexity index is 697. The van der Waals surface area contributed by atoms with Gasteiger partial charge >= 0.3 is 0 Å². The molecule has 0 bridgehead atoms. The highest BCUT2D eigenvalue weighted by Gasteiger charge is 2.28. The molecule has 23 heavy (non-hydrogen) atoms. The van der Waals surface area contributed by atoms with E-state index in [1.807, 2.05) is 0 Å². The predicted molar refractivity (Wildman–Crippen MR) is 87.9 cm³/mol. The molecule has 0 aliphatic rings. The number of carbonyl (C=O) groups is 1. The van der Waals surface area contributed by atoms with Gasteiger partial charge in [0, 0.05) is 10.5 Å². The van der Waals surface area contributed by atoms with E-state index in [-0.39, 0.29) is 24.0 Å². The number of thioether (sulfide) groups is 1. The molecule has 0 aliphatic heterocycles. The number of aryl methyl sites for hydroxylation is 2. The van der Waals surface area contributed by atoms with Crippen LogP contribution in [0.2, 0.25) is 0 Å². The number of aliphatic hydroxyl groups is 1. The van der Waals surface area contributed by atoms with Crippen LogP contribution >= 0.6 is 11.8 Å². The molecule has 6 heteroatoms. The Morgan fingerprint density at radius 2 is 2.09 bits per heavy atom. The van der Waals surface area contributed by atoms with Crippen molar-refractivity contribution in [1.29, 1.82) is 0 Å². The van der Waals surface area contributed by atoms with Gasteiger partial charge in [-0.25, -0.2) is 4.39 Å². The minimum atomic E-state index is -1.22. The summed E-state index contributed by atoms with van der Waals surface area (Å²) in [5.74, 6) is 0.806. The van der Waals surface area contributed by atoms with Gasteiger partial charge in [0.25, 0.3) is 0 Å². The van der Waals surface area contributed by atoms with E-state index in [2.05, 4.69) is 5.32 Å². The molecule has 0 radical (unpaired) electrons. The largest absolute Gasteiger partial charge is 0.466 e. The van der Waals surface area contributed by atoms with Crippen molar-refractivity contribution >= 4 is 17.7 Å². The van der Waals surface area contributed by atoms with Crippen LogP contribution in [-0.4, -0.2) is 23.3 Å². The van der Waals surface area contributed by atoms with Crippen LogP contribution in [0.4, 0.5) is 4.39 Å². The number of nitrogens with one attached hydrogen (secondary N) is 1. The van der Waals surface area contributed by atoms with E-state index in [4.69, 9.17) is 4.42 Å². The summed E-state index contributed by atoms with van der Waals surface area (Å²) in [7, 11) is 0. The van der Waals surface area contributed by atoms with Gasteiger partial charge in [-0.3, -0.25) is 4.79 Å². The molecule has 0 fully saturated rings. The summed E-state index contributed by atoms with van der Waals surface area (Å²) < 4.78 is 18.9. The number of carbonyl (C=O) groups excluding carboxylic acids is 1. The molecule has 2 aromatic rings. The zero-order chi connectivity index (χ0) is 17.0. The number of halogens is 1. The molecule has 0 spiro atoms. The lowest BCUT2D eigenvalue weighted by Crippen LogP contribution is -2.39. The Hall–Kier alpha value is -1.79. The van der Waals surface area contributed by atoms with Crippen LogP contribution in [0.1, 0.15) is 24.0 Å². The summed E-state index contributed by atoms with van der Waals surface area (Å²) in [5, 5.41) is 13.2. The van der Waals surface area contributed by atoms with E-state index < -0.39 is 5.60 Å². The Kier molecular flexibility index (Phi) is 5.49. The van der Waals surface area contributed by atoms with Crippen molar-refractivity contribution in [1.82, 2.24) is 5.32 Å². The minimum absolute atomic E-state index is 0.0590. The van der Waals surface area contributed by atoms with Gasteiger partial charge in [0.15, 0.2) is 0 Å². The summed E-state index contributed by atoms with van der Waals surface area (Å²) in [5.41, 5.74) is -0.572. The first-order chi connectivity index (χ1) is 10.8. The second kappa shape index (κ2) is 7.19. The Balaban J connectivity index is 1.89. The van der Waals surface area contributed by atoms with Crippen LogP contribution in [-0.2, 0) is 10.4 Å². The van der Waals surface area contributed by atoms with Gasteiger partial charge in [-0.1, -0.05) is 12.1 Å². The van der Waals surface area contributed by atoms with Gasteiger partial charge < -0.3 is 14.8 Å². The van der Waals surface area contributed by atoms with E-state index in [0.29, 0.717) is 22.0 Å². The van der Waals surface area contributed by atoms with Gasteiger partial charge in [0.2, 0.25) is 5.91 Å². The van der Waals surface area contributed by atoms with Crippen molar-refractivity contribution in [2.45, 2.75) is 31.3 Å². The van der Waals surface area contributed by atoms with E-state index in [1.165, 1.54) is 6.07 Å². The fraction of sp³-hybridized carbons (Fsp3) is 0.353. The number of rotatable bonds is 6. The van der Waals surface area contributed by atoms with Crippen molar-refractivity contribution in [3.05, 3.63) is 53.2 Å². The van der Waals surface area contributed by atoms with Gasteiger partial charge in [-0.05, 0) is 39.0 Å². The molecule has 1 aromatic heterocycles. The normalized spacial score (nSPS) is 13.6. The van der Waals surface area contributed by atoms with Crippen LogP contribution in [0.15, 0.2) is 39.6 Å². The summed E-state index contributed by atoms with van der Waals surface area (Å²) >= 11 is 1.12. The molecular weight excluding hydrogens is 317 g/mol. The van der Waals surface area contributed by atoms with Gasteiger partial charge in [0.05, 0.1) is 12.3 Å². The quantitative estimate of drug-likeness (QED) is 0.795. The van der Waals surface area contributed by atoms with Crippen molar-refractivity contribution < 1.29 is 18.7 Å². The summed E-state index contributed by atoms with van der Waals surface area (Å²) in [6.45, 7) is 5.25. The number of hydrogen-bond acceptors (Lipinski definition) is 4. The highest BCUT2D eigenvalue weighted by atomic mass is 32.2. The second-order valence-electron chi connectivity index (χ2n) is 5.60. The molecule has 124 valence electrons. The second-order valence-corrected chi connectivity index (χ2v) is 6.61. The van der Waals surface area contributed by atoms with Crippen molar-refractivity contribution in [2.24, 2.45) is 0 Å². The third kappa shape index (κ3) is 4.59. The molecule has 4 nitrogen and oxygen atoms in total. The average Bonchev–Trinajstić information content (AvgIpc) is 2.84. The van der Waals surface area contributed by atoms with Crippen molar-refractivity contribution in [3.63, 3.8) is 0 Å². The Morgan fingerprint density at radius 3 is 2.70 bits per heavy atom. The van der Waals surface area contributed by atoms with Crippen LogP contribution in [0.3, 0.4) is 0 Å². The smallest absolute Gasteiger partial charge is 0.230 e. The Morgan fingerprint density at radius 1 is 1.39 bits per heavy atom. The van der Waals surface area contributed by atoms with E-state index in [9.17, 15) is 14.3 Å². The molecule has 1 heterocycles. The maximum Gasteiger partial charge on any atom is 0.230 e. The molecule has 0 saturated carbocycles. The van der Waals surface area contributed by atoms with Crippen molar-refractivity contribution in [2.75, 3.05) is 12.3 Å². The molecule has 1 atom stereocenters. The number of amides is 1. The van der Waals surface area contributed by atoms with Crippen LogP contribution < -0.4 is 5.32 Å². The van der Waals surface area contributed by atoms with Crippen molar-refractivity contribution in [3.8, 4) is 0 Å². The van der Waals surface area contributed by atoms with Gasteiger partial charge in [-0.15, -0.1) is 11.8 Å². The first-order valence-corrected chi connectivity index (χ1v) is 8.22. The zero-order valence-corrected chi connectivity index (χ0v) is 14.2. The standard InChI is InChI=1S/C17H20FNO3S/c1-11-8-13(12(2)22-11)17(3,21)10-19-16(20)9-23-15-7-5-4-6-14(15)18/h4-8,21H,9-10H2,1-3H3,(H,19,20). The lowest BCUT2D eigenvalue weighted by molar-refractivity contribution is -0.119. The maximum atomic E-state index is 13.5. The highest BCUT2D eigenvalue weighted by molar-refractivity contribution is 8.00. The third-order valence-electron chi connectivity index (χ3n) is 3.45. The van der Waals surface area contributed by atoms with Gasteiger partial charge in [0.1, 0.15) is 22.9 Å². The monoisotopic (exact) mass is 337 g/mol. The first-order valence-electron chi connectivity index (χ1n) is 7.23. The molecular formula is C17H20FNO3S. The fourth-order valence-corrected chi connectivity index (χ4v) is 3.06. The fourth-order valence-electron chi connectivity index (χ4n) is 2.29. The van der Waals surface area contributed by atoms with Crippen LogP contribution in [0, 0.1) is 19.7 Å². The minimum Gasteiger partial charge on any atom is -0.466 e. The first kappa shape index (κ1) is 17.6. The van der Waals surface area contributed by atoms with E-state index in [1.54, 1.807) is 45.0 Å². The number of hydrogen-bond donors (Lipinski definition) is 2. The summed E-state index contributed by atoms with van der Waals surface area (Å²) in [4.78, 5) is 12.3. The Labute approximate surface area is 139 Å². The SMILES string of the molecule is Cc1cc(C(C)(O)CNC(=O)CSc2ccccc2F)c(C)o1. The lowest BCUT2D eigenvalue weighted by Gasteiger charge is -2.23. The number of benzene rings is 1. The molecule has 1 unspecified atom stereocenters. The van der Waals surface area contributed by atoms with E-state index >= 15 is 0 Å². The lowest BCUT2D eigenvalue weighted by atomic mass is 9.96. The molecule has 1 aromatic carbocycles. The molecule has 2 N–H and O–H groups in total. The maximum absolute atomic E-state index is 13.5. The highest BCUT2D eigenvalue weighted by Crippen LogP contribution is 2.26.